The predicted molar refractivity (Wildman–Crippen MR) is 109 cm³/mol. The molecule has 28 heavy (non-hydrogen) atoms. The molecule has 0 aliphatic carbocycles. The second-order valence-electron chi connectivity index (χ2n) is 6.71. The molecule has 2 rings (SSSR count). The molecular weight excluding hydrogens is 358 g/mol. The number of benzene rings is 2. The lowest BCUT2D eigenvalue weighted by molar-refractivity contribution is -0.126. The van der Waals surface area contributed by atoms with Crippen LogP contribution in [0.5, 0.6) is 0 Å². The molecule has 0 saturated carbocycles. The summed E-state index contributed by atoms with van der Waals surface area (Å²) >= 11 is 0. The van der Waals surface area contributed by atoms with Crippen LogP contribution in [0, 0.1) is 0 Å². The van der Waals surface area contributed by atoms with Crippen molar-refractivity contribution in [3.63, 3.8) is 0 Å². The standard InChI is InChI=1S/C19H24N2O2.C2H5NO2/c1-19(2,20)18(22)21-17(16-11-7-4-8-12-16)14-23-13-15-9-5-3-6-10-15;1-3-2(4)5/h3-12,17H,13-14,20H2,1-2H3,(H,21,22);3H,1H3,(H,4,5). The quantitative estimate of drug-likeness (QED) is 0.583. The van der Waals surface area contributed by atoms with Gasteiger partial charge in [0, 0.05) is 7.05 Å². The summed E-state index contributed by atoms with van der Waals surface area (Å²) in [6.45, 7) is 4.28. The predicted octanol–water partition coefficient (Wildman–Crippen LogP) is 2.68. The summed E-state index contributed by atoms with van der Waals surface area (Å²) in [5, 5.41) is 12.5. The van der Waals surface area contributed by atoms with Gasteiger partial charge in [-0.1, -0.05) is 60.7 Å². The topological polar surface area (TPSA) is 114 Å². The van der Waals surface area contributed by atoms with Gasteiger partial charge in [0.05, 0.1) is 24.8 Å². The molecule has 1 atom stereocenters. The Labute approximate surface area is 165 Å². The van der Waals surface area contributed by atoms with E-state index >= 15 is 0 Å². The van der Waals surface area contributed by atoms with Gasteiger partial charge in [-0.25, -0.2) is 4.79 Å². The van der Waals surface area contributed by atoms with Crippen LogP contribution >= 0.6 is 0 Å². The van der Waals surface area contributed by atoms with E-state index in [0.717, 1.165) is 11.1 Å². The van der Waals surface area contributed by atoms with Crippen LogP contribution < -0.4 is 16.4 Å². The second-order valence-corrected chi connectivity index (χ2v) is 6.71. The van der Waals surface area contributed by atoms with Gasteiger partial charge in [0.25, 0.3) is 0 Å². The number of carboxylic acid groups (broad SMARTS) is 1. The molecule has 0 fully saturated rings. The lowest BCUT2D eigenvalue weighted by Gasteiger charge is -2.24. The van der Waals surface area contributed by atoms with Gasteiger partial charge in [-0.2, -0.15) is 0 Å². The normalized spacial score (nSPS) is 11.6. The minimum absolute atomic E-state index is 0.199. The van der Waals surface area contributed by atoms with E-state index < -0.39 is 11.6 Å². The van der Waals surface area contributed by atoms with Crippen molar-refractivity contribution in [2.45, 2.75) is 32.0 Å². The molecule has 1 unspecified atom stereocenters. The molecule has 2 amide bonds. The van der Waals surface area contributed by atoms with Crippen LogP contribution in [0.1, 0.15) is 31.0 Å². The van der Waals surface area contributed by atoms with Crippen molar-refractivity contribution in [3.05, 3.63) is 71.8 Å². The van der Waals surface area contributed by atoms with Gasteiger partial charge < -0.3 is 26.2 Å². The number of ether oxygens (including phenoxy) is 1. The van der Waals surface area contributed by atoms with E-state index in [1.165, 1.54) is 7.05 Å². The van der Waals surface area contributed by atoms with Crippen LogP contribution in [0.2, 0.25) is 0 Å². The molecule has 0 bridgehead atoms. The molecular formula is C21H29N3O4. The molecule has 7 heteroatoms. The fraction of sp³-hybridized carbons (Fsp3) is 0.333. The molecule has 0 aromatic heterocycles. The minimum Gasteiger partial charge on any atom is -0.465 e. The molecule has 5 N–H and O–H groups in total. The molecule has 0 aliphatic rings. The highest BCUT2D eigenvalue weighted by Gasteiger charge is 2.25. The van der Waals surface area contributed by atoms with E-state index in [9.17, 15) is 9.59 Å². The minimum atomic E-state index is -0.995. The van der Waals surface area contributed by atoms with Crippen molar-refractivity contribution >= 4 is 12.0 Å². The smallest absolute Gasteiger partial charge is 0.404 e. The van der Waals surface area contributed by atoms with E-state index in [4.69, 9.17) is 15.6 Å². The van der Waals surface area contributed by atoms with E-state index in [1.54, 1.807) is 13.8 Å². The SMILES string of the molecule is CC(C)(N)C(=O)NC(COCc1ccccc1)c1ccccc1.CNC(=O)O. The van der Waals surface area contributed by atoms with E-state index in [0.29, 0.717) is 13.2 Å². The van der Waals surface area contributed by atoms with E-state index in [2.05, 4.69) is 5.32 Å². The van der Waals surface area contributed by atoms with Gasteiger partial charge in [0.15, 0.2) is 0 Å². The number of amides is 2. The zero-order chi connectivity index (χ0) is 21.0. The highest BCUT2D eigenvalue weighted by atomic mass is 16.5. The molecule has 0 saturated heterocycles. The maximum Gasteiger partial charge on any atom is 0.404 e. The van der Waals surface area contributed by atoms with Crippen molar-refractivity contribution in [1.29, 1.82) is 0 Å². The molecule has 0 spiro atoms. The van der Waals surface area contributed by atoms with Crippen molar-refractivity contribution in [1.82, 2.24) is 10.6 Å². The Morgan fingerprint density at radius 2 is 1.57 bits per heavy atom. The molecule has 152 valence electrons. The zero-order valence-corrected chi connectivity index (χ0v) is 16.5. The third-order valence-corrected chi connectivity index (χ3v) is 3.70. The maximum atomic E-state index is 12.2. The number of carbonyl (C=O) groups is 2. The first-order valence-corrected chi connectivity index (χ1v) is 8.91. The van der Waals surface area contributed by atoms with E-state index in [1.807, 2.05) is 66.0 Å². The van der Waals surface area contributed by atoms with Gasteiger partial charge in [0.2, 0.25) is 5.91 Å². The zero-order valence-electron chi connectivity index (χ0n) is 16.5. The van der Waals surface area contributed by atoms with Gasteiger partial charge in [0.1, 0.15) is 0 Å². The van der Waals surface area contributed by atoms with Gasteiger partial charge in [-0.3, -0.25) is 4.79 Å². The average Bonchev–Trinajstić information content (AvgIpc) is 2.68. The summed E-state index contributed by atoms with van der Waals surface area (Å²) in [6.07, 6.45) is -0.995. The summed E-state index contributed by atoms with van der Waals surface area (Å²) in [7, 11) is 1.35. The number of nitrogens with two attached hydrogens (primary N) is 1. The average molecular weight is 387 g/mol. The van der Waals surface area contributed by atoms with Gasteiger partial charge in [-0.15, -0.1) is 0 Å². The van der Waals surface area contributed by atoms with Crippen LogP contribution in [0.25, 0.3) is 0 Å². The summed E-state index contributed by atoms with van der Waals surface area (Å²) in [6, 6.07) is 19.5. The first-order valence-electron chi connectivity index (χ1n) is 8.91. The third kappa shape index (κ3) is 9.16. The Morgan fingerprint density at radius 1 is 1.07 bits per heavy atom. The monoisotopic (exact) mass is 387 g/mol. The van der Waals surface area contributed by atoms with Crippen molar-refractivity contribution in [2.75, 3.05) is 13.7 Å². The van der Waals surface area contributed by atoms with Gasteiger partial charge in [-0.05, 0) is 25.0 Å². The lowest BCUT2D eigenvalue weighted by Crippen LogP contribution is -2.50. The number of nitrogens with one attached hydrogen (secondary N) is 2. The largest absolute Gasteiger partial charge is 0.465 e. The molecule has 2 aromatic carbocycles. The number of hydrogen-bond donors (Lipinski definition) is 4. The van der Waals surface area contributed by atoms with Crippen molar-refractivity contribution in [2.24, 2.45) is 5.73 Å². The Kier molecular flexibility index (Phi) is 9.70. The van der Waals surface area contributed by atoms with Crippen LogP contribution in [0.15, 0.2) is 60.7 Å². The molecule has 0 aliphatic heterocycles. The van der Waals surface area contributed by atoms with Crippen LogP contribution in [0.3, 0.4) is 0 Å². The Morgan fingerprint density at radius 3 is 2.04 bits per heavy atom. The van der Waals surface area contributed by atoms with Crippen LogP contribution in [-0.4, -0.2) is 36.3 Å². The molecule has 2 aromatic rings. The Bertz CT molecular complexity index is 715. The van der Waals surface area contributed by atoms with Crippen LogP contribution in [-0.2, 0) is 16.1 Å². The van der Waals surface area contributed by atoms with Crippen molar-refractivity contribution in [3.8, 4) is 0 Å². The molecule has 0 radical (unpaired) electrons. The molecule has 7 nitrogen and oxygen atoms in total. The fourth-order valence-corrected chi connectivity index (χ4v) is 2.12. The second kappa shape index (κ2) is 11.7. The highest BCUT2D eigenvalue weighted by Crippen LogP contribution is 2.15. The fourth-order valence-electron chi connectivity index (χ4n) is 2.12. The first-order chi connectivity index (χ1) is 13.2. The lowest BCUT2D eigenvalue weighted by atomic mass is 10.0. The highest BCUT2D eigenvalue weighted by molar-refractivity contribution is 5.85. The third-order valence-electron chi connectivity index (χ3n) is 3.70. The van der Waals surface area contributed by atoms with Crippen molar-refractivity contribution < 1.29 is 19.4 Å². The summed E-state index contributed by atoms with van der Waals surface area (Å²) in [5.74, 6) is -0.199. The van der Waals surface area contributed by atoms with Crippen LogP contribution in [0.4, 0.5) is 4.79 Å². The number of carbonyl (C=O) groups excluding carboxylic acids is 1. The summed E-state index contributed by atoms with van der Waals surface area (Å²) in [4.78, 5) is 21.4. The summed E-state index contributed by atoms with van der Waals surface area (Å²) in [5.41, 5.74) is 7.05. The first kappa shape index (κ1) is 23.1. The Hall–Kier alpha value is -2.90. The Balaban J connectivity index is 0.000000696. The van der Waals surface area contributed by atoms with E-state index in [-0.39, 0.29) is 11.9 Å². The maximum absolute atomic E-state index is 12.2. The van der Waals surface area contributed by atoms with Gasteiger partial charge >= 0.3 is 6.09 Å². The number of rotatable bonds is 7. The molecule has 0 heterocycles. The summed E-state index contributed by atoms with van der Waals surface area (Å²) < 4.78 is 5.79. The number of hydrogen-bond acceptors (Lipinski definition) is 4.